The highest BCUT2D eigenvalue weighted by Gasteiger charge is 2.20. The molecule has 2 rings (SSSR count). The molecule has 1 atom stereocenters. The van der Waals surface area contributed by atoms with E-state index in [2.05, 4.69) is 0 Å². The van der Waals surface area contributed by atoms with Gasteiger partial charge in [0.25, 0.3) is 0 Å². The number of carbonyl (C=O) groups is 1. The largest absolute Gasteiger partial charge is 0.496 e. The smallest absolute Gasteiger partial charge is 0.227 e. The number of benzene rings is 2. The standard InChI is InChI=1S/C19H23NO2/c1-14-9-5-6-10-16(14)13-19(21)20(3)15(2)17-11-7-8-12-18(17)22-4/h5-12,15H,13H2,1-4H3. The Bertz CT molecular complexity index is 651. The van der Waals surface area contributed by atoms with E-state index in [1.54, 1.807) is 12.0 Å². The molecule has 0 radical (unpaired) electrons. The van der Waals surface area contributed by atoms with Gasteiger partial charge in [0.15, 0.2) is 0 Å². The fourth-order valence-electron chi connectivity index (χ4n) is 2.53. The predicted octanol–water partition coefficient (Wildman–Crippen LogP) is 3.77. The minimum absolute atomic E-state index is 0.0346. The van der Waals surface area contributed by atoms with Crippen LogP contribution in [-0.2, 0) is 11.2 Å². The lowest BCUT2D eigenvalue weighted by molar-refractivity contribution is -0.131. The van der Waals surface area contributed by atoms with E-state index in [4.69, 9.17) is 4.74 Å². The molecule has 116 valence electrons. The lowest BCUT2D eigenvalue weighted by Gasteiger charge is -2.27. The SMILES string of the molecule is COc1ccccc1C(C)N(C)C(=O)Cc1ccccc1C. The van der Waals surface area contributed by atoms with Crippen molar-refractivity contribution >= 4 is 5.91 Å². The summed E-state index contributed by atoms with van der Waals surface area (Å²) in [6.45, 7) is 4.06. The van der Waals surface area contributed by atoms with Crippen LogP contribution < -0.4 is 4.74 Å². The fraction of sp³-hybridized carbons (Fsp3) is 0.316. The molecule has 0 bridgehead atoms. The van der Waals surface area contributed by atoms with Gasteiger partial charge in [-0.25, -0.2) is 0 Å². The Morgan fingerprint density at radius 1 is 1.14 bits per heavy atom. The molecule has 0 heterocycles. The van der Waals surface area contributed by atoms with Crippen molar-refractivity contribution in [3.63, 3.8) is 0 Å². The summed E-state index contributed by atoms with van der Waals surface area (Å²) in [5.41, 5.74) is 3.24. The molecule has 0 aliphatic carbocycles. The molecule has 0 fully saturated rings. The van der Waals surface area contributed by atoms with E-state index in [9.17, 15) is 4.79 Å². The molecule has 2 aromatic rings. The molecular weight excluding hydrogens is 274 g/mol. The van der Waals surface area contributed by atoms with Crippen molar-refractivity contribution in [3.8, 4) is 5.75 Å². The number of likely N-dealkylation sites (N-methyl/N-ethyl adjacent to an activating group) is 1. The Morgan fingerprint density at radius 3 is 2.45 bits per heavy atom. The molecule has 0 spiro atoms. The zero-order valence-corrected chi connectivity index (χ0v) is 13.7. The summed E-state index contributed by atoms with van der Waals surface area (Å²) in [7, 11) is 3.50. The van der Waals surface area contributed by atoms with E-state index in [-0.39, 0.29) is 11.9 Å². The molecule has 0 aromatic heterocycles. The number of nitrogens with zero attached hydrogens (tertiary/aromatic N) is 1. The molecule has 0 aliphatic rings. The van der Waals surface area contributed by atoms with Gasteiger partial charge in [0.2, 0.25) is 5.91 Å². The monoisotopic (exact) mass is 297 g/mol. The Labute approximate surface area is 132 Å². The van der Waals surface area contributed by atoms with Crippen LogP contribution in [0.5, 0.6) is 5.75 Å². The minimum atomic E-state index is -0.0346. The highest BCUT2D eigenvalue weighted by atomic mass is 16.5. The highest BCUT2D eigenvalue weighted by molar-refractivity contribution is 5.79. The quantitative estimate of drug-likeness (QED) is 0.841. The van der Waals surface area contributed by atoms with Gasteiger partial charge in [-0.1, -0.05) is 42.5 Å². The van der Waals surface area contributed by atoms with Gasteiger partial charge >= 0.3 is 0 Å². The maximum atomic E-state index is 12.6. The van der Waals surface area contributed by atoms with Crippen LogP contribution >= 0.6 is 0 Å². The first-order chi connectivity index (χ1) is 10.5. The van der Waals surface area contributed by atoms with Crippen molar-refractivity contribution in [1.29, 1.82) is 0 Å². The summed E-state index contributed by atoms with van der Waals surface area (Å²) in [4.78, 5) is 14.3. The summed E-state index contributed by atoms with van der Waals surface area (Å²) in [6.07, 6.45) is 0.419. The third kappa shape index (κ3) is 3.48. The van der Waals surface area contributed by atoms with Crippen LogP contribution in [0.2, 0.25) is 0 Å². The highest BCUT2D eigenvalue weighted by Crippen LogP contribution is 2.28. The summed E-state index contributed by atoms with van der Waals surface area (Å²) < 4.78 is 5.40. The van der Waals surface area contributed by atoms with Crippen molar-refractivity contribution in [2.24, 2.45) is 0 Å². The second kappa shape index (κ2) is 7.12. The fourth-order valence-corrected chi connectivity index (χ4v) is 2.53. The Hall–Kier alpha value is -2.29. The van der Waals surface area contributed by atoms with Crippen LogP contribution in [-0.4, -0.2) is 25.0 Å². The Balaban J connectivity index is 2.15. The first-order valence-corrected chi connectivity index (χ1v) is 7.47. The summed E-state index contributed by atoms with van der Waals surface area (Å²) in [5.74, 6) is 0.915. The zero-order chi connectivity index (χ0) is 16.1. The Kier molecular flexibility index (Phi) is 5.21. The number of carbonyl (C=O) groups excluding carboxylic acids is 1. The van der Waals surface area contributed by atoms with Gasteiger partial charge in [0.05, 0.1) is 19.6 Å². The number of methoxy groups -OCH3 is 1. The van der Waals surface area contributed by atoms with Gasteiger partial charge in [0.1, 0.15) is 5.75 Å². The van der Waals surface area contributed by atoms with Crippen molar-refractivity contribution in [3.05, 3.63) is 65.2 Å². The maximum Gasteiger partial charge on any atom is 0.227 e. The number of ether oxygens (including phenoxy) is 1. The third-order valence-electron chi connectivity index (χ3n) is 4.17. The molecule has 3 nitrogen and oxygen atoms in total. The van der Waals surface area contributed by atoms with Crippen molar-refractivity contribution in [2.75, 3.05) is 14.2 Å². The molecule has 1 unspecified atom stereocenters. The summed E-state index contributed by atoms with van der Waals surface area (Å²) >= 11 is 0. The third-order valence-corrected chi connectivity index (χ3v) is 4.17. The first kappa shape index (κ1) is 16.1. The lowest BCUT2D eigenvalue weighted by atomic mass is 10.0. The van der Waals surface area contributed by atoms with E-state index in [0.717, 1.165) is 22.4 Å². The van der Waals surface area contributed by atoms with Gasteiger partial charge in [-0.3, -0.25) is 4.79 Å². The molecule has 2 aromatic carbocycles. The minimum Gasteiger partial charge on any atom is -0.496 e. The van der Waals surface area contributed by atoms with Crippen LogP contribution in [0.3, 0.4) is 0 Å². The van der Waals surface area contributed by atoms with E-state index >= 15 is 0 Å². The normalized spacial score (nSPS) is 11.8. The number of rotatable bonds is 5. The van der Waals surface area contributed by atoms with Gasteiger partial charge in [-0.15, -0.1) is 0 Å². The van der Waals surface area contributed by atoms with Gasteiger partial charge in [-0.05, 0) is 31.0 Å². The number of aryl methyl sites for hydroxylation is 1. The predicted molar refractivity (Wildman–Crippen MR) is 89.1 cm³/mol. The Morgan fingerprint density at radius 2 is 1.77 bits per heavy atom. The number of hydrogen-bond acceptors (Lipinski definition) is 2. The second-order valence-corrected chi connectivity index (χ2v) is 5.53. The van der Waals surface area contributed by atoms with E-state index in [1.807, 2.05) is 69.4 Å². The van der Waals surface area contributed by atoms with Crippen LogP contribution in [0.15, 0.2) is 48.5 Å². The molecule has 0 aliphatic heterocycles. The molecule has 3 heteroatoms. The first-order valence-electron chi connectivity index (χ1n) is 7.47. The van der Waals surface area contributed by atoms with Crippen LogP contribution in [0.1, 0.15) is 29.7 Å². The molecule has 1 amide bonds. The number of hydrogen-bond donors (Lipinski definition) is 0. The van der Waals surface area contributed by atoms with E-state index < -0.39 is 0 Å². The summed E-state index contributed by atoms with van der Waals surface area (Å²) in [6, 6.07) is 15.8. The van der Waals surface area contributed by atoms with Crippen LogP contribution in [0, 0.1) is 6.92 Å². The molecule has 0 saturated carbocycles. The van der Waals surface area contributed by atoms with Crippen molar-refractivity contribution in [1.82, 2.24) is 4.90 Å². The van der Waals surface area contributed by atoms with Crippen LogP contribution in [0.25, 0.3) is 0 Å². The van der Waals surface area contributed by atoms with Gasteiger partial charge < -0.3 is 9.64 Å². The average Bonchev–Trinajstić information content (AvgIpc) is 2.55. The molecule has 0 N–H and O–H groups in total. The van der Waals surface area contributed by atoms with E-state index in [1.165, 1.54) is 0 Å². The van der Waals surface area contributed by atoms with E-state index in [0.29, 0.717) is 6.42 Å². The maximum absolute atomic E-state index is 12.6. The number of amides is 1. The average molecular weight is 297 g/mol. The zero-order valence-electron chi connectivity index (χ0n) is 13.7. The molecule has 0 saturated heterocycles. The topological polar surface area (TPSA) is 29.5 Å². The van der Waals surface area contributed by atoms with Crippen LogP contribution in [0.4, 0.5) is 0 Å². The summed E-state index contributed by atoms with van der Waals surface area (Å²) in [5, 5.41) is 0. The van der Waals surface area contributed by atoms with Crippen molar-refractivity contribution < 1.29 is 9.53 Å². The van der Waals surface area contributed by atoms with Gasteiger partial charge in [-0.2, -0.15) is 0 Å². The lowest BCUT2D eigenvalue weighted by Crippen LogP contribution is -2.31. The number of para-hydroxylation sites is 1. The van der Waals surface area contributed by atoms with Crippen molar-refractivity contribution in [2.45, 2.75) is 26.3 Å². The van der Waals surface area contributed by atoms with Gasteiger partial charge in [0, 0.05) is 12.6 Å². The molecular formula is C19H23NO2. The second-order valence-electron chi connectivity index (χ2n) is 5.53. The molecule has 22 heavy (non-hydrogen) atoms.